The summed E-state index contributed by atoms with van der Waals surface area (Å²) in [7, 11) is -2.36. The number of carbonyl (C=O) groups excluding carboxylic acids is 1. The van der Waals surface area contributed by atoms with Gasteiger partial charge in [0.25, 0.3) is 5.91 Å². The molecule has 0 spiro atoms. The van der Waals surface area contributed by atoms with E-state index in [-0.39, 0.29) is 41.5 Å². The fraction of sp³-hybridized carbons (Fsp3) is 0.316. The number of methoxy groups -OCH3 is 1. The average molecular weight is 404 g/mol. The number of sulfonamides is 1. The van der Waals surface area contributed by atoms with Crippen molar-refractivity contribution < 1.29 is 27.4 Å². The summed E-state index contributed by atoms with van der Waals surface area (Å²) in [4.78, 5) is 12.5. The average Bonchev–Trinajstić information content (AvgIpc) is 3.37. The first-order valence-electron chi connectivity index (χ1n) is 8.83. The molecule has 1 saturated carbocycles. The predicted molar refractivity (Wildman–Crippen MR) is 100 cm³/mol. The number of rotatable bonds is 7. The van der Waals surface area contributed by atoms with E-state index in [1.54, 1.807) is 12.1 Å². The molecular weight excluding hydrogens is 384 g/mol. The highest BCUT2D eigenvalue weighted by Crippen LogP contribution is 2.32. The lowest BCUT2D eigenvalue weighted by atomic mass is 10.1. The summed E-state index contributed by atoms with van der Waals surface area (Å²) in [6.45, 7) is 0.451. The van der Waals surface area contributed by atoms with Crippen LogP contribution < -0.4 is 24.2 Å². The van der Waals surface area contributed by atoms with Crippen molar-refractivity contribution in [2.45, 2.75) is 30.3 Å². The molecule has 4 rings (SSSR count). The Morgan fingerprint density at radius 3 is 2.68 bits per heavy atom. The van der Waals surface area contributed by atoms with Gasteiger partial charge in [0.15, 0.2) is 11.5 Å². The van der Waals surface area contributed by atoms with Gasteiger partial charge in [-0.2, -0.15) is 0 Å². The summed E-state index contributed by atoms with van der Waals surface area (Å²) in [6.07, 6.45) is 1.63. The molecule has 28 heavy (non-hydrogen) atoms. The minimum atomic E-state index is -3.76. The lowest BCUT2D eigenvalue weighted by molar-refractivity contribution is 0.0950. The van der Waals surface area contributed by atoms with E-state index in [0.717, 1.165) is 18.4 Å². The van der Waals surface area contributed by atoms with Crippen LogP contribution in [-0.4, -0.2) is 34.3 Å². The van der Waals surface area contributed by atoms with E-state index in [0.29, 0.717) is 11.5 Å². The van der Waals surface area contributed by atoms with Crippen molar-refractivity contribution in [3.63, 3.8) is 0 Å². The van der Waals surface area contributed by atoms with Crippen LogP contribution in [0.15, 0.2) is 41.3 Å². The van der Waals surface area contributed by atoms with Crippen LogP contribution in [0.1, 0.15) is 28.8 Å². The Morgan fingerprint density at radius 2 is 1.93 bits per heavy atom. The zero-order chi connectivity index (χ0) is 19.7. The third-order valence-electron chi connectivity index (χ3n) is 4.50. The SMILES string of the molecule is COc1ccc(C(=O)NCc2ccc3c(c2)OCO3)cc1S(=O)(=O)NC1CC1. The molecule has 1 heterocycles. The first-order valence-corrected chi connectivity index (χ1v) is 10.3. The van der Waals surface area contributed by atoms with E-state index in [9.17, 15) is 13.2 Å². The maximum Gasteiger partial charge on any atom is 0.251 e. The molecule has 2 aromatic carbocycles. The van der Waals surface area contributed by atoms with Gasteiger partial charge in [-0.15, -0.1) is 0 Å². The molecule has 0 bridgehead atoms. The smallest absolute Gasteiger partial charge is 0.251 e. The maximum absolute atomic E-state index is 12.6. The molecule has 0 atom stereocenters. The molecule has 1 amide bonds. The number of hydrogen-bond donors (Lipinski definition) is 2. The quantitative estimate of drug-likeness (QED) is 0.729. The summed E-state index contributed by atoms with van der Waals surface area (Å²) in [5.74, 6) is 1.11. The summed E-state index contributed by atoms with van der Waals surface area (Å²) in [5.41, 5.74) is 1.08. The fourth-order valence-corrected chi connectivity index (χ4v) is 4.35. The highest BCUT2D eigenvalue weighted by Gasteiger charge is 2.30. The Balaban J connectivity index is 1.50. The van der Waals surface area contributed by atoms with Gasteiger partial charge >= 0.3 is 0 Å². The summed E-state index contributed by atoms with van der Waals surface area (Å²) >= 11 is 0. The second-order valence-corrected chi connectivity index (χ2v) is 8.31. The van der Waals surface area contributed by atoms with Crippen LogP contribution in [0.5, 0.6) is 17.2 Å². The van der Waals surface area contributed by atoms with Gasteiger partial charge < -0.3 is 19.5 Å². The lowest BCUT2D eigenvalue weighted by Crippen LogP contribution is -2.27. The molecular formula is C19H20N2O6S. The second kappa shape index (κ2) is 7.33. The number of benzene rings is 2. The molecule has 0 aromatic heterocycles. The molecule has 8 nitrogen and oxygen atoms in total. The number of carbonyl (C=O) groups is 1. The van der Waals surface area contributed by atoms with Crippen LogP contribution >= 0.6 is 0 Å². The first-order chi connectivity index (χ1) is 13.5. The minimum absolute atomic E-state index is 0.0433. The number of amides is 1. The molecule has 0 unspecified atom stereocenters. The van der Waals surface area contributed by atoms with Gasteiger partial charge in [0.2, 0.25) is 16.8 Å². The number of fused-ring (bicyclic) bond motifs is 1. The molecule has 1 aliphatic carbocycles. The third kappa shape index (κ3) is 3.90. The van der Waals surface area contributed by atoms with Gasteiger partial charge in [-0.05, 0) is 48.7 Å². The van der Waals surface area contributed by atoms with Crippen LogP contribution in [0.3, 0.4) is 0 Å². The van der Waals surface area contributed by atoms with Crippen molar-refractivity contribution in [3.05, 3.63) is 47.5 Å². The van der Waals surface area contributed by atoms with Crippen LogP contribution in [0.2, 0.25) is 0 Å². The Bertz CT molecular complexity index is 1020. The molecule has 148 valence electrons. The lowest BCUT2D eigenvalue weighted by Gasteiger charge is -2.12. The topological polar surface area (TPSA) is 103 Å². The summed E-state index contributed by atoms with van der Waals surface area (Å²) < 4.78 is 43.5. The molecule has 1 aliphatic heterocycles. The Kier molecular flexibility index (Phi) is 4.86. The Labute approximate surface area is 162 Å². The van der Waals surface area contributed by atoms with Gasteiger partial charge in [-0.25, -0.2) is 13.1 Å². The van der Waals surface area contributed by atoms with Gasteiger partial charge in [-0.3, -0.25) is 4.79 Å². The zero-order valence-electron chi connectivity index (χ0n) is 15.2. The fourth-order valence-electron chi connectivity index (χ4n) is 2.85. The third-order valence-corrected chi connectivity index (χ3v) is 6.05. The normalized spacial score (nSPS) is 15.3. The van der Waals surface area contributed by atoms with E-state index in [1.165, 1.54) is 25.3 Å². The van der Waals surface area contributed by atoms with Crippen LogP contribution in [0, 0.1) is 0 Å². The van der Waals surface area contributed by atoms with Crippen molar-refractivity contribution >= 4 is 15.9 Å². The van der Waals surface area contributed by atoms with Gasteiger partial charge in [0.05, 0.1) is 7.11 Å². The monoisotopic (exact) mass is 404 g/mol. The molecule has 2 N–H and O–H groups in total. The summed E-state index contributed by atoms with van der Waals surface area (Å²) in [5, 5.41) is 2.78. The highest BCUT2D eigenvalue weighted by molar-refractivity contribution is 7.89. The van der Waals surface area contributed by atoms with Crippen LogP contribution in [0.25, 0.3) is 0 Å². The number of nitrogens with one attached hydrogen (secondary N) is 2. The van der Waals surface area contributed by atoms with Crippen molar-refractivity contribution in [1.82, 2.24) is 10.0 Å². The van der Waals surface area contributed by atoms with E-state index in [2.05, 4.69) is 10.0 Å². The number of ether oxygens (including phenoxy) is 3. The standard InChI is InChI=1S/C19H20N2O6S/c1-25-16-7-3-13(9-18(16)28(23,24)21-14-4-5-14)19(22)20-10-12-2-6-15-17(8-12)27-11-26-15/h2-3,6-9,14,21H,4-5,10-11H2,1H3,(H,20,22). The largest absolute Gasteiger partial charge is 0.495 e. The van der Waals surface area contributed by atoms with Crippen LogP contribution in [0.4, 0.5) is 0 Å². The van der Waals surface area contributed by atoms with E-state index < -0.39 is 10.0 Å². The van der Waals surface area contributed by atoms with E-state index in [4.69, 9.17) is 14.2 Å². The van der Waals surface area contributed by atoms with Gasteiger partial charge in [0.1, 0.15) is 10.6 Å². The maximum atomic E-state index is 12.6. The highest BCUT2D eigenvalue weighted by atomic mass is 32.2. The van der Waals surface area contributed by atoms with Crippen molar-refractivity contribution in [2.75, 3.05) is 13.9 Å². The minimum Gasteiger partial charge on any atom is -0.495 e. The second-order valence-electron chi connectivity index (χ2n) is 6.63. The van der Waals surface area contributed by atoms with E-state index >= 15 is 0 Å². The van der Waals surface area contributed by atoms with Crippen molar-refractivity contribution in [1.29, 1.82) is 0 Å². The predicted octanol–water partition coefficient (Wildman–Crippen LogP) is 1.79. The molecule has 0 saturated heterocycles. The molecule has 2 aromatic rings. The van der Waals surface area contributed by atoms with Gasteiger partial charge in [0, 0.05) is 18.2 Å². The van der Waals surface area contributed by atoms with E-state index in [1.807, 2.05) is 6.07 Å². The Morgan fingerprint density at radius 1 is 1.14 bits per heavy atom. The summed E-state index contributed by atoms with van der Waals surface area (Å²) in [6, 6.07) is 9.71. The van der Waals surface area contributed by atoms with Gasteiger partial charge in [-0.1, -0.05) is 6.07 Å². The molecule has 2 aliphatic rings. The Hall–Kier alpha value is -2.78. The first kappa shape index (κ1) is 18.6. The van der Waals surface area contributed by atoms with Crippen molar-refractivity contribution in [2.24, 2.45) is 0 Å². The van der Waals surface area contributed by atoms with Crippen LogP contribution in [-0.2, 0) is 16.6 Å². The molecule has 0 radical (unpaired) electrons. The van der Waals surface area contributed by atoms with Crippen molar-refractivity contribution in [3.8, 4) is 17.2 Å². The number of hydrogen-bond acceptors (Lipinski definition) is 6. The zero-order valence-corrected chi connectivity index (χ0v) is 16.0. The molecule has 9 heteroatoms. The molecule has 1 fully saturated rings.